The average molecular weight is 329 g/mol. The van der Waals surface area contributed by atoms with Gasteiger partial charge in [-0.15, -0.1) is 0 Å². The number of alkyl halides is 3. The first-order chi connectivity index (χ1) is 10.6. The third-order valence-electron chi connectivity index (χ3n) is 2.83. The zero-order chi connectivity index (χ0) is 17.8. The van der Waals surface area contributed by atoms with E-state index in [4.69, 9.17) is 10.4 Å². The van der Waals surface area contributed by atoms with Crippen LogP contribution in [0.5, 0.6) is 0 Å². The Hall–Kier alpha value is -2.96. The van der Waals surface area contributed by atoms with Gasteiger partial charge in [-0.3, -0.25) is 19.9 Å². The number of nitro benzene ring substituents is 1. The van der Waals surface area contributed by atoms with Crippen LogP contribution in [0.2, 0.25) is 0 Å². The summed E-state index contributed by atoms with van der Waals surface area (Å²) >= 11 is 0. The number of benzene rings is 1. The highest BCUT2D eigenvalue weighted by Gasteiger charge is 2.38. The zero-order valence-corrected chi connectivity index (χ0v) is 11.7. The molecule has 10 heteroatoms. The Morgan fingerprint density at radius 1 is 1.52 bits per heavy atom. The molecule has 0 spiro atoms. The molecule has 23 heavy (non-hydrogen) atoms. The Morgan fingerprint density at radius 3 is 2.52 bits per heavy atom. The van der Waals surface area contributed by atoms with Gasteiger partial charge in [0, 0.05) is 11.8 Å². The average Bonchev–Trinajstić information content (AvgIpc) is 2.45. The lowest BCUT2D eigenvalue weighted by atomic mass is 10.0. The summed E-state index contributed by atoms with van der Waals surface area (Å²) in [6.07, 6.45) is -4.95. The number of halogens is 3. The van der Waals surface area contributed by atoms with Crippen molar-refractivity contribution >= 4 is 23.1 Å². The quantitative estimate of drug-likeness (QED) is 0.505. The number of carbonyl (C=O) groups is 1. The van der Waals surface area contributed by atoms with Crippen molar-refractivity contribution in [3.63, 3.8) is 0 Å². The van der Waals surface area contributed by atoms with E-state index >= 15 is 0 Å². The maximum absolute atomic E-state index is 12.9. The van der Waals surface area contributed by atoms with E-state index in [0.717, 1.165) is 6.07 Å². The van der Waals surface area contributed by atoms with Gasteiger partial charge in [0.05, 0.1) is 16.7 Å². The molecule has 0 radical (unpaired) electrons. The third-order valence-corrected chi connectivity index (χ3v) is 2.83. The van der Waals surface area contributed by atoms with Crippen LogP contribution in [-0.4, -0.2) is 21.7 Å². The molecule has 1 aromatic carbocycles. The number of nitriles is 1. The molecule has 0 aliphatic rings. The van der Waals surface area contributed by atoms with Crippen molar-refractivity contribution in [2.45, 2.75) is 19.5 Å². The summed E-state index contributed by atoms with van der Waals surface area (Å²) in [6, 6.07) is 3.53. The van der Waals surface area contributed by atoms with Crippen molar-refractivity contribution in [2.75, 3.05) is 0 Å². The van der Waals surface area contributed by atoms with Crippen molar-refractivity contribution in [3.05, 3.63) is 33.9 Å². The molecule has 0 amide bonds. The monoisotopic (exact) mass is 329 g/mol. The Labute approximate surface area is 127 Å². The van der Waals surface area contributed by atoms with Gasteiger partial charge < -0.3 is 5.11 Å². The van der Waals surface area contributed by atoms with Crippen LogP contribution in [0.15, 0.2) is 23.2 Å². The maximum atomic E-state index is 12.9. The number of carboxylic acids is 1. The molecule has 0 saturated heterocycles. The minimum atomic E-state index is -4.97. The molecular weight excluding hydrogens is 319 g/mol. The molecule has 0 fully saturated rings. The standard InChI is InChI=1S/C13H10F3N3O4/c1-2-10(8(6-17)12(20)21)18-7-3-4-11(19(22)23)9(5-7)13(14,15)16/h3-5,8H,2H2,1H3,(H,20,21). The van der Waals surface area contributed by atoms with Crippen LogP contribution in [0.3, 0.4) is 0 Å². The second-order valence-corrected chi connectivity index (χ2v) is 4.31. The lowest BCUT2D eigenvalue weighted by molar-refractivity contribution is -0.388. The number of nitro groups is 1. The van der Waals surface area contributed by atoms with Crippen molar-refractivity contribution in [1.29, 1.82) is 5.26 Å². The fourth-order valence-corrected chi connectivity index (χ4v) is 1.77. The molecule has 1 aromatic rings. The molecule has 122 valence electrons. The van der Waals surface area contributed by atoms with Crippen LogP contribution in [0.25, 0.3) is 0 Å². The van der Waals surface area contributed by atoms with Gasteiger partial charge in [0.15, 0.2) is 5.92 Å². The number of nitrogens with zero attached hydrogens (tertiary/aromatic N) is 3. The largest absolute Gasteiger partial charge is 0.480 e. The predicted octanol–water partition coefficient (Wildman–Crippen LogP) is 3.32. The molecule has 0 aliphatic carbocycles. The lowest BCUT2D eigenvalue weighted by Crippen LogP contribution is -2.21. The van der Waals surface area contributed by atoms with E-state index in [1.54, 1.807) is 0 Å². The summed E-state index contributed by atoms with van der Waals surface area (Å²) in [7, 11) is 0. The van der Waals surface area contributed by atoms with E-state index in [-0.39, 0.29) is 17.8 Å². The summed E-state index contributed by atoms with van der Waals surface area (Å²) in [5.41, 5.74) is -3.10. The Balaban J connectivity index is 3.45. The van der Waals surface area contributed by atoms with Crippen LogP contribution in [0.1, 0.15) is 18.9 Å². The smallest absolute Gasteiger partial charge is 0.423 e. The van der Waals surface area contributed by atoms with Crippen LogP contribution >= 0.6 is 0 Å². The Morgan fingerprint density at radius 2 is 2.13 bits per heavy atom. The number of hydrogen-bond donors (Lipinski definition) is 1. The van der Waals surface area contributed by atoms with Gasteiger partial charge >= 0.3 is 12.1 Å². The van der Waals surface area contributed by atoms with Gasteiger partial charge in [-0.05, 0) is 18.6 Å². The molecule has 1 N–H and O–H groups in total. The van der Waals surface area contributed by atoms with E-state index in [9.17, 15) is 28.1 Å². The molecule has 1 unspecified atom stereocenters. The summed E-state index contributed by atoms with van der Waals surface area (Å²) in [5.74, 6) is -3.09. The van der Waals surface area contributed by atoms with Crippen LogP contribution in [0.4, 0.5) is 24.5 Å². The molecule has 1 rings (SSSR count). The zero-order valence-electron chi connectivity index (χ0n) is 11.7. The molecule has 0 bridgehead atoms. The molecule has 0 heterocycles. The second-order valence-electron chi connectivity index (χ2n) is 4.31. The molecule has 0 aliphatic heterocycles. The molecule has 1 atom stereocenters. The van der Waals surface area contributed by atoms with E-state index < -0.39 is 34.2 Å². The van der Waals surface area contributed by atoms with Crippen molar-refractivity contribution < 1.29 is 28.0 Å². The maximum Gasteiger partial charge on any atom is 0.423 e. The van der Waals surface area contributed by atoms with Gasteiger partial charge in [0.1, 0.15) is 5.56 Å². The van der Waals surface area contributed by atoms with Crippen molar-refractivity contribution in [2.24, 2.45) is 10.9 Å². The summed E-state index contributed by atoms with van der Waals surface area (Å²) in [6.45, 7) is 1.49. The predicted molar refractivity (Wildman–Crippen MR) is 72.2 cm³/mol. The highest BCUT2D eigenvalue weighted by atomic mass is 19.4. The fourth-order valence-electron chi connectivity index (χ4n) is 1.77. The van der Waals surface area contributed by atoms with Crippen LogP contribution in [-0.2, 0) is 11.0 Å². The normalized spacial score (nSPS) is 13.3. The first kappa shape index (κ1) is 18.1. The first-order valence-electron chi connectivity index (χ1n) is 6.17. The van der Waals surface area contributed by atoms with Gasteiger partial charge in [-0.1, -0.05) is 6.92 Å². The molecule has 7 nitrogen and oxygen atoms in total. The van der Waals surface area contributed by atoms with E-state index in [0.29, 0.717) is 12.1 Å². The van der Waals surface area contributed by atoms with Gasteiger partial charge in [-0.25, -0.2) is 0 Å². The van der Waals surface area contributed by atoms with Crippen molar-refractivity contribution in [1.82, 2.24) is 0 Å². The molecule has 0 aromatic heterocycles. The summed E-state index contributed by atoms with van der Waals surface area (Å²) in [5, 5.41) is 28.3. The highest BCUT2D eigenvalue weighted by Crippen LogP contribution is 2.38. The minimum Gasteiger partial charge on any atom is -0.480 e. The van der Waals surface area contributed by atoms with Gasteiger partial charge in [0.25, 0.3) is 5.69 Å². The fraction of sp³-hybridized carbons (Fsp3) is 0.308. The summed E-state index contributed by atoms with van der Waals surface area (Å²) < 4.78 is 38.6. The lowest BCUT2D eigenvalue weighted by Gasteiger charge is -2.10. The highest BCUT2D eigenvalue weighted by molar-refractivity contribution is 6.04. The molecular formula is C13H10F3N3O4. The number of aliphatic imine (C=N–C) groups is 1. The third kappa shape index (κ3) is 4.26. The molecule has 0 saturated carbocycles. The first-order valence-corrected chi connectivity index (χ1v) is 6.17. The number of carboxylic acid groups (broad SMARTS) is 1. The van der Waals surface area contributed by atoms with Gasteiger partial charge in [-0.2, -0.15) is 18.4 Å². The SMILES string of the molecule is CCC(=Nc1ccc([N+](=O)[O-])c(C(F)(F)F)c1)C(C#N)C(=O)O. The topological polar surface area (TPSA) is 117 Å². The number of rotatable bonds is 5. The summed E-state index contributed by atoms with van der Waals surface area (Å²) in [4.78, 5) is 24.1. The van der Waals surface area contributed by atoms with Crippen molar-refractivity contribution in [3.8, 4) is 6.07 Å². The minimum absolute atomic E-state index is 0.0167. The van der Waals surface area contributed by atoms with E-state index in [1.165, 1.54) is 13.0 Å². The number of aliphatic carboxylic acids is 1. The second kappa shape index (κ2) is 6.87. The Kier molecular flexibility index (Phi) is 5.40. The van der Waals surface area contributed by atoms with Crippen LogP contribution in [0, 0.1) is 27.4 Å². The Bertz CT molecular complexity index is 707. The van der Waals surface area contributed by atoms with E-state index in [1.807, 2.05) is 0 Å². The van der Waals surface area contributed by atoms with Gasteiger partial charge in [0.2, 0.25) is 0 Å². The van der Waals surface area contributed by atoms with E-state index in [2.05, 4.69) is 4.99 Å². The number of hydrogen-bond acceptors (Lipinski definition) is 5. The van der Waals surface area contributed by atoms with Crippen LogP contribution < -0.4 is 0 Å².